The number of ether oxygens (including phenoxy) is 1. The lowest BCUT2D eigenvalue weighted by atomic mass is 10.2. The molecule has 0 unspecified atom stereocenters. The lowest BCUT2D eigenvalue weighted by Crippen LogP contribution is -2.20. The molecule has 3 amide bonds. The SMILES string of the molecule is CNC(=O)c1cc(Oc2ccc(NC(=O)Nc3cc(C)c(Cl)cc3-n3cccc3)cc2)ccn1. The van der Waals surface area contributed by atoms with Gasteiger partial charge in [-0.1, -0.05) is 11.6 Å². The van der Waals surface area contributed by atoms with Gasteiger partial charge >= 0.3 is 6.03 Å². The summed E-state index contributed by atoms with van der Waals surface area (Å²) in [5.74, 6) is 0.720. The summed E-state index contributed by atoms with van der Waals surface area (Å²) in [7, 11) is 1.54. The molecule has 0 atom stereocenters. The van der Waals surface area contributed by atoms with E-state index in [2.05, 4.69) is 20.9 Å². The highest BCUT2D eigenvalue weighted by atomic mass is 35.5. The molecule has 34 heavy (non-hydrogen) atoms. The molecule has 0 aliphatic carbocycles. The molecule has 0 fully saturated rings. The van der Waals surface area contributed by atoms with E-state index < -0.39 is 6.03 Å². The van der Waals surface area contributed by atoms with E-state index in [1.807, 2.05) is 48.1 Å². The number of aromatic nitrogens is 2. The zero-order valence-corrected chi connectivity index (χ0v) is 19.3. The topological polar surface area (TPSA) is 97.3 Å². The van der Waals surface area contributed by atoms with Crippen LogP contribution >= 0.6 is 11.6 Å². The number of halogens is 1. The van der Waals surface area contributed by atoms with Gasteiger partial charge in [-0.2, -0.15) is 0 Å². The van der Waals surface area contributed by atoms with Gasteiger partial charge in [0.1, 0.15) is 17.2 Å². The summed E-state index contributed by atoms with van der Waals surface area (Å²) in [5.41, 5.74) is 3.07. The summed E-state index contributed by atoms with van der Waals surface area (Å²) in [6.45, 7) is 1.88. The molecule has 0 bridgehead atoms. The monoisotopic (exact) mass is 475 g/mol. The Morgan fingerprint density at radius 1 is 0.971 bits per heavy atom. The number of rotatable bonds is 6. The van der Waals surface area contributed by atoms with E-state index in [0.29, 0.717) is 27.9 Å². The Labute approximate surface area is 201 Å². The molecule has 0 aliphatic rings. The standard InChI is InChI=1S/C25H22ClN5O3/c1-16-13-21(23(15-20(16)26)31-11-3-4-12-31)30-25(33)29-17-5-7-18(8-6-17)34-19-9-10-28-22(14-19)24(32)27-2/h3-15H,1-2H3,(H,27,32)(H2,29,30,33). The summed E-state index contributed by atoms with van der Waals surface area (Å²) in [5, 5.41) is 8.83. The van der Waals surface area contributed by atoms with Crippen LogP contribution in [0.4, 0.5) is 16.2 Å². The molecule has 3 N–H and O–H groups in total. The van der Waals surface area contributed by atoms with E-state index in [0.717, 1.165) is 11.3 Å². The number of aryl methyl sites for hydroxylation is 1. The Morgan fingerprint density at radius 3 is 2.41 bits per heavy atom. The quantitative estimate of drug-likeness (QED) is 0.336. The van der Waals surface area contributed by atoms with Crippen LogP contribution in [0.1, 0.15) is 16.1 Å². The van der Waals surface area contributed by atoms with Gasteiger partial charge in [-0.25, -0.2) is 4.79 Å². The van der Waals surface area contributed by atoms with E-state index in [9.17, 15) is 9.59 Å². The number of urea groups is 1. The van der Waals surface area contributed by atoms with Crippen LogP contribution in [0.25, 0.3) is 5.69 Å². The molecule has 0 saturated heterocycles. The Balaban J connectivity index is 1.43. The van der Waals surface area contributed by atoms with E-state index in [1.54, 1.807) is 36.4 Å². The van der Waals surface area contributed by atoms with Crippen molar-refractivity contribution in [1.82, 2.24) is 14.9 Å². The summed E-state index contributed by atoms with van der Waals surface area (Å²) in [6, 6.07) is 17.1. The Bertz CT molecular complexity index is 1320. The van der Waals surface area contributed by atoms with Crippen molar-refractivity contribution < 1.29 is 14.3 Å². The summed E-state index contributed by atoms with van der Waals surface area (Å²) >= 11 is 6.30. The molecule has 0 aliphatic heterocycles. The first-order valence-corrected chi connectivity index (χ1v) is 10.8. The summed E-state index contributed by atoms with van der Waals surface area (Å²) < 4.78 is 7.66. The van der Waals surface area contributed by atoms with Gasteiger partial charge in [-0.15, -0.1) is 0 Å². The molecule has 2 aromatic carbocycles. The highest BCUT2D eigenvalue weighted by Crippen LogP contribution is 2.29. The Kier molecular flexibility index (Phi) is 6.79. The fourth-order valence-electron chi connectivity index (χ4n) is 3.23. The third kappa shape index (κ3) is 5.36. The fourth-order valence-corrected chi connectivity index (χ4v) is 3.39. The highest BCUT2D eigenvalue weighted by Gasteiger charge is 2.12. The summed E-state index contributed by atoms with van der Waals surface area (Å²) in [4.78, 5) is 28.4. The van der Waals surface area contributed by atoms with Gasteiger partial charge in [0.05, 0.1) is 11.4 Å². The average molecular weight is 476 g/mol. The van der Waals surface area contributed by atoms with Crippen molar-refractivity contribution in [1.29, 1.82) is 0 Å². The van der Waals surface area contributed by atoms with Crippen LogP contribution < -0.4 is 20.7 Å². The number of anilines is 2. The van der Waals surface area contributed by atoms with Gasteiger partial charge < -0.3 is 25.3 Å². The van der Waals surface area contributed by atoms with Crippen molar-refractivity contribution in [3.05, 3.63) is 95.5 Å². The zero-order valence-electron chi connectivity index (χ0n) is 18.5. The number of hydrogen-bond acceptors (Lipinski definition) is 4. The molecule has 0 saturated carbocycles. The third-order valence-corrected chi connectivity index (χ3v) is 5.35. The number of hydrogen-bond donors (Lipinski definition) is 3. The van der Waals surface area contributed by atoms with Gasteiger partial charge in [0.15, 0.2) is 0 Å². The van der Waals surface area contributed by atoms with Crippen LogP contribution in [0, 0.1) is 6.92 Å². The van der Waals surface area contributed by atoms with Crippen LogP contribution in [-0.4, -0.2) is 28.5 Å². The van der Waals surface area contributed by atoms with Crippen molar-refractivity contribution >= 4 is 34.9 Å². The largest absolute Gasteiger partial charge is 0.457 e. The third-order valence-electron chi connectivity index (χ3n) is 4.95. The van der Waals surface area contributed by atoms with E-state index in [1.165, 1.54) is 13.2 Å². The van der Waals surface area contributed by atoms with Gasteiger partial charge in [0.2, 0.25) is 0 Å². The normalized spacial score (nSPS) is 10.4. The molecule has 9 heteroatoms. The van der Waals surface area contributed by atoms with Crippen LogP contribution in [0.5, 0.6) is 11.5 Å². The van der Waals surface area contributed by atoms with Crippen LogP contribution in [-0.2, 0) is 0 Å². The molecule has 2 heterocycles. The van der Waals surface area contributed by atoms with Gasteiger partial charge in [-0.3, -0.25) is 9.78 Å². The van der Waals surface area contributed by atoms with Crippen molar-refractivity contribution in [2.45, 2.75) is 6.92 Å². The van der Waals surface area contributed by atoms with Gasteiger partial charge in [0.25, 0.3) is 5.91 Å². The molecule has 172 valence electrons. The van der Waals surface area contributed by atoms with Crippen molar-refractivity contribution in [3.63, 3.8) is 0 Å². The Hall–Kier alpha value is -4.30. The van der Waals surface area contributed by atoms with E-state index >= 15 is 0 Å². The number of pyridine rings is 1. The minimum Gasteiger partial charge on any atom is -0.457 e. The fraction of sp³-hybridized carbons (Fsp3) is 0.0800. The maximum atomic E-state index is 12.7. The second kappa shape index (κ2) is 10.1. The molecular weight excluding hydrogens is 454 g/mol. The van der Waals surface area contributed by atoms with Crippen molar-refractivity contribution in [2.24, 2.45) is 0 Å². The van der Waals surface area contributed by atoms with Crippen LogP contribution in [0.2, 0.25) is 5.02 Å². The maximum absolute atomic E-state index is 12.7. The van der Waals surface area contributed by atoms with E-state index in [4.69, 9.17) is 16.3 Å². The molecule has 4 aromatic rings. The number of nitrogens with zero attached hydrogens (tertiary/aromatic N) is 2. The van der Waals surface area contributed by atoms with Crippen molar-refractivity contribution in [3.8, 4) is 17.2 Å². The average Bonchev–Trinajstić information content (AvgIpc) is 3.37. The number of carbonyl (C=O) groups is 2. The lowest BCUT2D eigenvalue weighted by molar-refractivity contribution is 0.0958. The van der Waals surface area contributed by atoms with Crippen LogP contribution in [0.3, 0.4) is 0 Å². The first-order valence-electron chi connectivity index (χ1n) is 10.4. The highest BCUT2D eigenvalue weighted by molar-refractivity contribution is 6.31. The predicted octanol–water partition coefficient (Wildman–Crippen LogP) is 5.63. The minimum atomic E-state index is -0.395. The summed E-state index contributed by atoms with van der Waals surface area (Å²) in [6.07, 6.45) is 5.26. The second-order valence-corrected chi connectivity index (χ2v) is 7.78. The Morgan fingerprint density at radius 2 is 1.71 bits per heavy atom. The number of amides is 3. The smallest absolute Gasteiger partial charge is 0.323 e. The predicted molar refractivity (Wildman–Crippen MR) is 132 cm³/mol. The van der Waals surface area contributed by atoms with Crippen LogP contribution in [0.15, 0.2) is 79.3 Å². The number of benzene rings is 2. The molecule has 8 nitrogen and oxygen atoms in total. The molecule has 4 rings (SSSR count). The molecular formula is C25H22ClN5O3. The first kappa shape index (κ1) is 22.9. The molecule has 0 radical (unpaired) electrons. The van der Waals surface area contributed by atoms with E-state index in [-0.39, 0.29) is 11.6 Å². The maximum Gasteiger partial charge on any atom is 0.323 e. The van der Waals surface area contributed by atoms with Gasteiger partial charge in [-0.05, 0) is 67.1 Å². The van der Waals surface area contributed by atoms with Crippen molar-refractivity contribution in [2.75, 3.05) is 17.7 Å². The number of carbonyl (C=O) groups excluding carboxylic acids is 2. The minimum absolute atomic E-state index is 0.256. The number of nitrogens with one attached hydrogen (secondary N) is 3. The second-order valence-electron chi connectivity index (χ2n) is 7.37. The molecule has 0 spiro atoms. The molecule has 2 aromatic heterocycles. The lowest BCUT2D eigenvalue weighted by Gasteiger charge is -2.15. The van der Waals surface area contributed by atoms with Gasteiger partial charge in [0, 0.05) is 42.4 Å². The first-order chi connectivity index (χ1) is 16.4. The zero-order chi connectivity index (χ0) is 24.1.